The summed E-state index contributed by atoms with van der Waals surface area (Å²) in [6, 6.07) is 0. The molecule has 1 saturated heterocycles. The predicted octanol–water partition coefficient (Wildman–Crippen LogP) is 2.14. The molecule has 1 aliphatic rings. The first-order valence-electron chi connectivity index (χ1n) is 5.85. The third-order valence-electron chi connectivity index (χ3n) is 3.22. The number of piperidine rings is 1. The molecule has 0 bridgehead atoms. The standard InChI is InChI=1S/C12H22ClNO2/c1-12(2,9-13)11(15)14-6-4-10(5-7-14)8-16-3/h10H,4-9H2,1-3H3. The van der Waals surface area contributed by atoms with Crippen LogP contribution in [-0.2, 0) is 9.53 Å². The molecule has 1 aliphatic heterocycles. The van der Waals surface area contributed by atoms with Crippen molar-refractivity contribution in [2.75, 3.05) is 32.7 Å². The first-order chi connectivity index (χ1) is 7.51. The maximum atomic E-state index is 12.1. The van der Waals surface area contributed by atoms with Gasteiger partial charge in [0.05, 0.1) is 5.41 Å². The van der Waals surface area contributed by atoms with E-state index in [-0.39, 0.29) is 5.91 Å². The molecule has 1 heterocycles. The number of amides is 1. The Bertz CT molecular complexity index is 235. The van der Waals surface area contributed by atoms with Crippen LogP contribution in [0.5, 0.6) is 0 Å². The highest BCUT2D eigenvalue weighted by Gasteiger charge is 2.33. The summed E-state index contributed by atoms with van der Waals surface area (Å²) in [5.74, 6) is 1.16. The number of hydrogen-bond donors (Lipinski definition) is 0. The van der Waals surface area contributed by atoms with E-state index in [9.17, 15) is 4.79 Å². The van der Waals surface area contributed by atoms with Crippen molar-refractivity contribution >= 4 is 17.5 Å². The number of carbonyl (C=O) groups excluding carboxylic acids is 1. The van der Waals surface area contributed by atoms with E-state index < -0.39 is 5.41 Å². The van der Waals surface area contributed by atoms with Crippen LogP contribution in [0.2, 0.25) is 0 Å². The van der Waals surface area contributed by atoms with Crippen LogP contribution in [0, 0.1) is 11.3 Å². The summed E-state index contributed by atoms with van der Waals surface area (Å²) in [7, 11) is 1.73. The second-order valence-electron chi connectivity index (χ2n) is 5.21. The van der Waals surface area contributed by atoms with Gasteiger partial charge in [-0.25, -0.2) is 0 Å². The molecule has 0 spiro atoms. The van der Waals surface area contributed by atoms with Crippen molar-refractivity contribution in [3.05, 3.63) is 0 Å². The van der Waals surface area contributed by atoms with Gasteiger partial charge in [-0.3, -0.25) is 4.79 Å². The first-order valence-corrected chi connectivity index (χ1v) is 6.39. The second-order valence-corrected chi connectivity index (χ2v) is 5.48. The number of nitrogens with zero attached hydrogens (tertiary/aromatic N) is 1. The Balaban J connectivity index is 2.45. The van der Waals surface area contributed by atoms with Gasteiger partial charge in [-0.05, 0) is 32.6 Å². The lowest BCUT2D eigenvalue weighted by Gasteiger charge is -2.36. The fraction of sp³-hybridized carbons (Fsp3) is 0.917. The van der Waals surface area contributed by atoms with Crippen LogP contribution in [0.4, 0.5) is 0 Å². The zero-order chi connectivity index (χ0) is 12.2. The monoisotopic (exact) mass is 247 g/mol. The smallest absolute Gasteiger partial charge is 0.229 e. The summed E-state index contributed by atoms with van der Waals surface area (Å²) >= 11 is 5.82. The lowest BCUT2D eigenvalue weighted by atomic mass is 9.91. The molecule has 16 heavy (non-hydrogen) atoms. The molecule has 1 rings (SSSR count). The van der Waals surface area contributed by atoms with E-state index in [1.54, 1.807) is 7.11 Å². The summed E-state index contributed by atoms with van der Waals surface area (Å²) in [6.07, 6.45) is 2.08. The van der Waals surface area contributed by atoms with E-state index in [1.807, 2.05) is 18.7 Å². The predicted molar refractivity (Wildman–Crippen MR) is 65.7 cm³/mol. The number of rotatable bonds is 4. The summed E-state index contributed by atoms with van der Waals surface area (Å²) in [4.78, 5) is 14.1. The van der Waals surface area contributed by atoms with Crippen molar-refractivity contribution in [1.82, 2.24) is 4.90 Å². The van der Waals surface area contributed by atoms with Crippen molar-refractivity contribution in [2.24, 2.45) is 11.3 Å². The number of carbonyl (C=O) groups is 1. The molecular weight excluding hydrogens is 226 g/mol. The molecular formula is C12H22ClNO2. The largest absolute Gasteiger partial charge is 0.384 e. The molecule has 1 amide bonds. The van der Waals surface area contributed by atoms with Crippen LogP contribution in [0.1, 0.15) is 26.7 Å². The Kier molecular flexibility index (Phi) is 5.06. The molecule has 0 aromatic rings. The van der Waals surface area contributed by atoms with E-state index >= 15 is 0 Å². The maximum Gasteiger partial charge on any atom is 0.229 e. The van der Waals surface area contributed by atoms with Gasteiger partial charge in [-0.1, -0.05) is 0 Å². The van der Waals surface area contributed by atoms with Crippen LogP contribution in [0.3, 0.4) is 0 Å². The zero-order valence-electron chi connectivity index (χ0n) is 10.5. The van der Waals surface area contributed by atoms with Gasteiger partial charge in [0, 0.05) is 32.7 Å². The van der Waals surface area contributed by atoms with E-state index in [4.69, 9.17) is 16.3 Å². The molecule has 0 N–H and O–H groups in total. The lowest BCUT2D eigenvalue weighted by Crippen LogP contribution is -2.46. The van der Waals surface area contributed by atoms with Crippen molar-refractivity contribution in [2.45, 2.75) is 26.7 Å². The van der Waals surface area contributed by atoms with Crippen LogP contribution >= 0.6 is 11.6 Å². The highest BCUT2D eigenvalue weighted by molar-refractivity contribution is 6.19. The fourth-order valence-electron chi connectivity index (χ4n) is 2.02. The molecule has 0 atom stereocenters. The number of hydrogen-bond acceptors (Lipinski definition) is 2. The Labute approximate surface area is 103 Å². The van der Waals surface area contributed by atoms with Gasteiger partial charge in [0.25, 0.3) is 0 Å². The topological polar surface area (TPSA) is 29.5 Å². The van der Waals surface area contributed by atoms with Crippen molar-refractivity contribution in [3.8, 4) is 0 Å². The Morgan fingerprint density at radius 2 is 2.00 bits per heavy atom. The molecule has 0 aromatic carbocycles. The molecule has 94 valence electrons. The average molecular weight is 248 g/mol. The van der Waals surface area contributed by atoms with Gasteiger partial charge in [0.1, 0.15) is 0 Å². The van der Waals surface area contributed by atoms with E-state index in [2.05, 4.69) is 0 Å². The summed E-state index contributed by atoms with van der Waals surface area (Å²) < 4.78 is 5.14. The van der Waals surface area contributed by atoms with Crippen LogP contribution in [0.25, 0.3) is 0 Å². The maximum absolute atomic E-state index is 12.1. The second kappa shape index (κ2) is 5.87. The van der Waals surface area contributed by atoms with Crippen molar-refractivity contribution in [3.63, 3.8) is 0 Å². The highest BCUT2D eigenvalue weighted by Crippen LogP contribution is 2.25. The molecule has 3 nitrogen and oxygen atoms in total. The SMILES string of the molecule is COCC1CCN(C(=O)C(C)(C)CCl)CC1. The van der Waals surface area contributed by atoms with Crippen LogP contribution in [-0.4, -0.2) is 43.5 Å². The normalized spacial score (nSPS) is 18.9. The fourth-order valence-corrected chi connectivity index (χ4v) is 2.14. The Morgan fingerprint density at radius 3 is 2.44 bits per heavy atom. The molecule has 0 radical (unpaired) electrons. The molecule has 0 unspecified atom stereocenters. The number of alkyl halides is 1. The van der Waals surface area contributed by atoms with Gasteiger partial charge < -0.3 is 9.64 Å². The quantitative estimate of drug-likeness (QED) is 0.713. The molecule has 4 heteroatoms. The van der Waals surface area contributed by atoms with Crippen molar-refractivity contribution < 1.29 is 9.53 Å². The number of methoxy groups -OCH3 is 1. The minimum atomic E-state index is -0.435. The third-order valence-corrected chi connectivity index (χ3v) is 3.89. The highest BCUT2D eigenvalue weighted by atomic mass is 35.5. The Hall–Kier alpha value is -0.280. The summed E-state index contributed by atoms with van der Waals surface area (Å²) in [6.45, 7) is 6.30. The van der Waals surface area contributed by atoms with E-state index in [0.717, 1.165) is 32.5 Å². The Morgan fingerprint density at radius 1 is 1.44 bits per heavy atom. The molecule has 0 aromatic heterocycles. The zero-order valence-corrected chi connectivity index (χ0v) is 11.2. The molecule has 0 aliphatic carbocycles. The summed E-state index contributed by atoms with van der Waals surface area (Å²) in [5.41, 5.74) is -0.435. The number of halogens is 1. The van der Waals surface area contributed by atoms with Gasteiger partial charge >= 0.3 is 0 Å². The van der Waals surface area contributed by atoms with Gasteiger partial charge in [-0.15, -0.1) is 11.6 Å². The third kappa shape index (κ3) is 3.36. The van der Waals surface area contributed by atoms with E-state index in [1.165, 1.54) is 0 Å². The lowest BCUT2D eigenvalue weighted by molar-refractivity contribution is -0.140. The number of likely N-dealkylation sites (tertiary alicyclic amines) is 1. The van der Waals surface area contributed by atoms with Crippen LogP contribution in [0.15, 0.2) is 0 Å². The van der Waals surface area contributed by atoms with Gasteiger partial charge in [-0.2, -0.15) is 0 Å². The molecule has 0 saturated carbocycles. The average Bonchev–Trinajstić information content (AvgIpc) is 2.29. The van der Waals surface area contributed by atoms with Crippen LogP contribution < -0.4 is 0 Å². The molecule has 1 fully saturated rings. The minimum Gasteiger partial charge on any atom is -0.384 e. The van der Waals surface area contributed by atoms with Gasteiger partial charge in [0.2, 0.25) is 5.91 Å². The van der Waals surface area contributed by atoms with E-state index in [0.29, 0.717) is 11.8 Å². The number of ether oxygens (including phenoxy) is 1. The first kappa shape index (κ1) is 13.8. The minimum absolute atomic E-state index is 0.179. The summed E-state index contributed by atoms with van der Waals surface area (Å²) in [5, 5.41) is 0. The van der Waals surface area contributed by atoms with Crippen molar-refractivity contribution in [1.29, 1.82) is 0 Å². The van der Waals surface area contributed by atoms with Gasteiger partial charge in [0.15, 0.2) is 0 Å².